The van der Waals surface area contributed by atoms with E-state index in [0.29, 0.717) is 18.5 Å². The zero-order chi connectivity index (χ0) is 29.5. The molecule has 9 N–H and O–H groups in total. The number of rotatable bonds is 13. The van der Waals surface area contributed by atoms with Gasteiger partial charge in [-0.3, -0.25) is 19.2 Å². The summed E-state index contributed by atoms with van der Waals surface area (Å²) < 4.78 is 0. The molecule has 1 aromatic carbocycles. The van der Waals surface area contributed by atoms with Crippen LogP contribution in [0.1, 0.15) is 36.9 Å². The van der Waals surface area contributed by atoms with Gasteiger partial charge in [-0.05, 0) is 30.9 Å². The molecule has 0 bridgehead atoms. The number of likely N-dealkylation sites (tertiary alicyclic amines) is 1. The number of aromatic nitrogens is 3. The number of hydrogen-bond donors (Lipinski definition) is 7. The average molecular weight is 567 g/mol. The molecular weight excluding hydrogens is 532 g/mol. The van der Waals surface area contributed by atoms with E-state index in [2.05, 4.69) is 25.6 Å². The first kappa shape index (κ1) is 29.3. The van der Waals surface area contributed by atoms with Gasteiger partial charge in [-0.2, -0.15) is 0 Å². The summed E-state index contributed by atoms with van der Waals surface area (Å²) >= 11 is 0. The van der Waals surface area contributed by atoms with E-state index in [4.69, 9.17) is 11.5 Å². The van der Waals surface area contributed by atoms with Gasteiger partial charge in [0.1, 0.15) is 18.1 Å². The van der Waals surface area contributed by atoms with E-state index in [9.17, 15) is 29.1 Å². The number of benzene rings is 1. The Hall–Kier alpha value is -4.72. The zero-order valence-corrected chi connectivity index (χ0v) is 22.3. The molecule has 1 saturated heterocycles. The number of para-hydroxylation sites is 1. The maximum atomic E-state index is 13.6. The number of carboxylic acids is 1. The van der Waals surface area contributed by atoms with Gasteiger partial charge in [-0.1, -0.05) is 18.2 Å². The van der Waals surface area contributed by atoms with Crippen molar-refractivity contribution in [3.63, 3.8) is 0 Å². The normalized spacial score (nSPS) is 17.1. The lowest BCUT2D eigenvalue weighted by atomic mass is 10.0. The number of aliphatic carboxylic acids is 1. The Morgan fingerprint density at radius 2 is 1.88 bits per heavy atom. The third-order valence-electron chi connectivity index (χ3n) is 7.18. The van der Waals surface area contributed by atoms with E-state index in [1.54, 1.807) is 6.20 Å². The van der Waals surface area contributed by atoms with Crippen LogP contribution in [0.4, 0.5) is 0 Å². The Kier molecular flexibility index (Phi) is 9.34. The number of hydrogen-bond acceptors (Lipinski definition) is 7. The molecule has 218 valence electrons. The molecule has 4 rings (SSSR count). The van der Waals surface area contributed by atoms with Crippen molar-refractivity contribution >= 4 is 40.5 Å². The number of nitrogens with one attached hydrogen (secondary N) is 4. The number of primary amides is 1. The molecule has 3 aromatic rings. The lowest BCUT2D eigenvalue weighted by molar-refractivity contribution is -0.145. The number of carbonyl (C=O) groups excluding carboxylic acids is 4. The minimum atomic E-state index is -1.23. The minimum absolute atomic E-state index is 0.0390. The summed E-state index contributed by atoms with van der Waals surface area (Å²) in [5.41, 5.74) is 13.5. The highest BCUT2D eigenvalue weighted by Crippen LogP contribution is 2.22. The lowest BCUT2D eigenvalue weighted by Crippen LogP contribution is -2.57. The van der Waals surface area contributed by atoms with E-state index in [1.807, 2.05) is 24.3 Å². The number of carboxylic acid groups (broad SMARTS) is 1. The van der Waals surface area contributed by atoms with E-state index in [1.165, 1.54) is 17.4 Å². The van der Waals surface area contributed by atoms with Gasteiger partial charge in [0.15, 0.2) is 0 Å². The number of amides is 4. The molecule has 0 spiro atoms. The topological polar surface area (TPSA) is 229 Å². The second-order valence-electron chi connectivity index (χ2n) is 10.1. The first-order valence-corrected chi connectivity index (χ1v) is 13.3. The van der Waals surface area contributed by atoms with Crippen LogP contribution in [0.3, 0.4) is 0 Å². The highest BCUT2D eigenvalue weighted by Gasteiger charge is 2.39. The summed E-state index contributed by atoms with van der Waals surface area (Å²) in [6.45, 7) is 0.222. The molecule has 14 heteroatoms. The summed E-state index contributed by atoms with van der Waals surface area (Å²) in [5, 5.41) is 15.9. The highest BCUT2D eigenvalue weighted by atomic mass is 16.4. The SMILES string of the molecule is NC(=O)CCC(NC(=O)C(N)Cc1cnc[nH]1)C(=O)N1CCCC1C(=O)NC(Cc1c[nH]c2ccccc12)C(=O)O. The van der Waals surface area contributed by atoms with Crippen LogP contribution in [-0.2, 0) is 36.8 Å². The Balaban J connectivity index is 1.44. The number of fused-ring (bicyclic) bond motifs is 1. The molecule has 0 radical (unpaired) electrons. The number of aromatic amines is 2. The highest BCUT2D eigenvalue weighted by molar-refractivity contribution is 5.95. The lowest BCUT2D eigenvalue weighted by Gasteiger charge is -2.30. The van der Waals surface area contributed by atoms with Crippen molar-refractivity contribution in [3.8, 4) is 0 Å². The van der Waals surface area contributed by atoms with Gasteiger partial charge < -0.3 is 42.1 Å². The number of imidazole rings is 1. The summed E-state index contributed by atoms with van der Waals surface area (Å²) in [7, 11) is 0. The molecule has 1 aliphatic rings. The van der Waals surface area contributed by atoms with Crippen LogP contribution in [0.5, 0.6) is 0 Å². The van der Waals surface area contributed by atoms with Crippen molar-refractivity contribution in [2.24, 2.45) is 11.5 Å². The van der Waals surface area contributed by atoms with Crippen molar-refractivity contribution in [1.82, 2.24) is 30.5 Å². The molecule has 14 nitrogen and oxygen atoms in total. The Labute approximate surface area is 235 Å². The van der Waals surface area contributed by atoms with Crippen LogP contribution < -0.4 is 22.1 Å². The maximum Gasteiger partial charge on any atom is 0.326 e. The smallest absolute Gasteiger partial charge is 0.326 e. The zero-order valence-electron chi connectivity index (χ0n) is 22.3. The molecular formula is C27H34N8O6. The summed E-state index contributed by atoms with van der Waals surface area (Å²) in [6, 6.07) is 3.10. The molecule has 4 atom stereocenters. The van der Waals surface area contributed by atoms with Gasteiger partial charge in [0, 0.05) is 54.8 Å². The van der Waals surface area contributed by atoms with Crippen molar-refractivity contribution in [1.29, 1.82) is 0 Å². The summed E-state index contributed by atoms with van der Waals surface area (Å²) in [5.74, 6) is -3.67. The number of H-pyrrole nitrogens is 2. The maximum absolute atomic E-state index is 13.6. The number of nitrogens with zero attached hydrogens (tertiary/aromatic N) is 2. The molecule has 4 amide bonds. The first-order chi connectivity index (χ1) is 19.6. The predicted molar refractivity (Wildman–Crippen MR) is 147 cm³/mol. The van der Waals surface area contributed by atoms with Crippen LogP contribution in [0.15, 0.2) is 43.0 Å². The van der Waals surface area contributed by atoms with Gasteiger partial charge in [0.05, 0.1) is 12.4 Å². The standard InChI is InChI=1S/C27H34N8O6/c28-18(11-16-13-30-14-32-16)24(37)33-20(7-8-23(29)36)26(39)35-9-3-6-22(35)25(38)34-21(27(40)41)10-15-12-31-19-5-2-1-4-17(15)19/h1-2,4-5,12-14,18,20-22,31H,3,6-11,28H2,(H2,29,36)(H,30,32)(H,33,37)(H,34,38)(H,40,41). The first-order valence-electron chi connectivity index (χ1n) is 13.3. The predicted octanol–water partition coefficient (Wildman–Crippen LogP) is -0.686. The van der Waals surface area contributed by atoms with Gasteiger partial charge in [-0.25, -0.2) is 9.78 Å². The fourth-order valence-corrected chi connectivity index (χ4v) is 5.04. The molecule has 4 unspecified atom stereocenters. The molecule has 41 heavy (non-hydrogen) atoms. The Morgan fingerprint density at radius 1 is 1.10 bits per heavy atom. The Morgan fingerprint density at radius 3 is 2.59 bits per heavy atom. The summed E-state index contributed by atoms with van der Waals surface area (Å²) in [4.78, 5) is 74.4. The van der Waals surface area contributed by atoms with Crippen LogP contribution in [0.25, 0.3) is 10.9 Å². The van der Waals surface area contributed by atoms with E-state index in [0.717, 1.165) is 16.5 Å². The fourth-order valence-electron chi connectivity index (χ4n) is 5.04. The van der Waals surface area contributed by atoms with Crippen LogP contribution in [0, 0.1) is 0 Å². The molecule has 1 aliphatic heterocycles. The number of nitrogens with two attached hydrogens (primary N) is 2. The van der Waals surface area contributed by atoms with Crippen LogP contribution >= 0.6 is 0 Å². The van der Waals surface area contributed by atoms with Crippen molar-refractivity contribution < 1.29 is 29.1 Å². The van der Waals surface area contributed by atoms with Crippen LogP contribution in [0.2, 0.25) is 0 Å². The molecule has 1 fully saturated rings. The third kappa shape index (κ3) is 7.28. The largest absolute Gasteiger partial charge is 0.480 e. The second-order valence-corrected chi connectivity index (χ2v) is 10.1. The Bertz CT molecular complexity index is 1400. The van der Waals surface area contributed by atoms with Gasteiger partial charge in [0.25, 0.3) is 0 Å². The van der Waals surface area contributed by atoms with Crippen molar-refractivity contribution in [2.45, 2.75) is 62.7 Å². The van der Waals surface area contributed by atoms with Crippen LogP contribution in [-0.4, -0.2) is 85.3 Å². The van der Waals surface area contributed by atoms with Gasteiger partial charge in [-0.15, -0.1) is 0 Å². The second kappa shape index (κ2) is 13.1. The van der Waals surface area contributed by atoms with Gasteiger partial charge >= 0.3 is 5.97 Å². The number of carbonyl (C=O) groups is 5. The minimum Gasteiger partial charge on any atom is -0.480 e. The molecule has 2 aromatic heterocycles. The fraction of sp³-hybridized carbons (Fsp3) is 0.407. The van der Waals surface area contributed by atoms with E-state index in [-0.39, 0.29) is 32.2 Å². The molecule has 0 saturated carbocycles. The quantitative estimate of drug-likeness (QED) is 0.140. The van der Waals surface area contributed by atoms with Crippen molar-refractivity contribution in [3.05, 3.63) is 54.2 Å². The monoisotopic (exact) mass is 566 g/mol. The van der Waals surface area contributed by atoms with Gasteiger partial charge in [0.2, 0.25) is 23.6 Å². The van der Waals surface area contributed by atoms with E-state index < -0.39 is 53.8 Å². The molecule has 3 heterocycles. The summed E-state index contributed by atoms with van der Waals surface area (Å²) in [6.07, 6.45) is 5.42. The van der Waals surface area contributed by atoms with Crippen molar-refractivity contribution in [2.75, 3.05) is 6.54 Å². The van der Waals surface area contributed by atoms with E-state index >= 15 is 0 Å². The average Bonchev–Trinajstić information content (AvgIpc) is 3.71. The third-order valence-corrected chi connectivity index (χ3v) is 7.18. The molecule has 0 aliphatic carbocycles.